The fraction of sp³-hybridized carbons (Fsp3) is 0.385. The Morgan fingerprint density at radius 2 is 2.17 bits per heavy atom. The Kier molecular flexibility index (Phi) is 2.47. The fourth-order valence-electron chi connectivity index (χ4n) is 2.40. The third-order valence-corrected chi connectivity index (χ3v) is 3.56. The first-order valence-electron chi connectivity index (χ1n) is 6.18. The lowest BCUT2D eigenvalue weighted by molar-refractivity contribution is 0.481. The van der Waals surface area contributed by atoms with Crippen LogP contribution in [-0.2, 0) is 0 Å². The SMILES string of the molecule is Cc1ccc(C2CCNc3nc(N)nn32)cc1C. The van der Waals surface area contributed by atoms with E-state index < -0.39 is 0 Å². The van der Waals surface area contributed by atoms with Gasteiger partial charge in [-0.25, -0.2) is 4.68 Å². The number of nitrogens with two attached hydrogens (primary N) is 1. The van der Waals surface area contributed by atoms with Gasteiger partial charge in [0.05, 0.1) is 6.04 Å². The van der Waals surface area contributed by atoms with Crippen LogP contribution in [0.2, 0.25) is 0 Å². The zero-order valence-corrected chi connectivity index (χ0v) is 10.6. The third kappa shape index (κ3) is 1.72. The fourth-order valence-corrected chi connectivity index (χ4v) is 2.40. The van der Waals surface area contributed by atoms with Gasteiger partial charge in [-0.2, -0.15) is 4.98 Å². The molecule has 1 aliphatic rings. The zero-order valence-electron chi connectivity index (χ0n) is 10.6. The van der Waals surface area contributed by atoms with Crippen molar-refractivity contribution in [2.45, 2.75) is 26.3 Å². The molecule has 0 fully saturated rings. The minimum Gasteiger partial charge on any atom is -0.366 e. The number of aryl methyl sites for hydroxylation is 2. The van der Waals surface area contributed by atoms with Crippen molar-refractivity contribution in [2.75, 3.05) is 17.6 Å². The Balaban J connectivity index is 2.05. The van der Waals surface area contributed by atoms with Gasteiger partial charge in [0.1, 0.15) is 0 Å². The smallest absolute Gasteiger partial charge is 0.241 e. The highest BCUT2D eigenvalue weighted by Gasteiger charge is 2.23. The van der Waals surface area contributed by atoms with Gasteiger partial charge in [0.25, 0.3) is 0 Å². The van der Waals surface area contributed by atoms with E-state index in [2.05, 4.69) is 47.4 Å². The van der Waals surface area contributed by atoms with Crippen LogP contribution >= 0.6 is 0 Å². The summed E-state index contributed by atoms with van der Waals surface area (Å²) in [5.74, 6) is 1.09. The number of benzene rings is 1. The summed E-state index contributed by atoms with van der Waals surface area (Å²) in [6, 6.07) is 6.78. The van der Waals surface area contributed by atoms with E-state index in [4.69, 9.17) is 5.73 Å². The van der Waals surface area contributed by atoms with Crippen molar-refractivity contribution in [3.8, 4) is 0 Å². The number of anilines is 2. The highest BCUT2D eigenvalue weighted by Crippen LogP contribution is 2.29. The predicted molar refractivity (Wildman–Crippen MR) is 71.6 cm³/mol. The Labute approximate surface area is 106 Å². The summed E-state index contributed by atoms with van der Waals surface area (Å²) in [5, 5.41) is 7.50. The topological polar surface area (TPSA) is 68.8 Å². The number of aromatic nitrogens is 3. The van der Waals surface area contributed by atoms with Gasteiger partial charge in [-0.05, 0) is 37.0 Å². The molecule has 0 aliphatic carbocycles. The Bertz CT molecular complexity index is 587. The summed E-state index contributed by atoms with van der Waals surface area (Å²) < 4.78 is 1.89. The molecule has 3 rings (SSSR count). The van der Waals surface area contributed by atoms with Crippen LogP contribution in [0.25, 0.3) is 0 Å². The van der Waals surface area contributed by atoms with Crippen molar-refractivity contribution in [3.63, 3.8) is 0 Å². The first kappa shape index (κ1) is 11.1. The number of fused-ring (bicyclic) bond motifs is 1. The lowest BCUT2D eigenvalue weighted by Gasteiger charge is -2.25. The molecule has 3 N–H and O–H groups in total. The summed E-state index contributed by atoms with van der Waals surface area (Å²) in [6.07, 6.45) is 0.998. The van der Waals surface area contributed by atoms with Crippen LogP contribution in [0.5, 0.6) is 0 Å². The van der Waals surface area contributed by atoms with Gasteiger partial charge in [-0.1, -0.05) is 18.2 Å². The average molecular weight is 243 g/mol. The molecule has 0 saturated heterocycles. The van der Waals surface area contributed by atoms with Crippen molar-refractivity contribution in [1.29, 1.82) is 0 Å². The van der Waals surface area contributed by atoms with E-state index in [1.165, 1.54) is 16.7 Å². The molecular weight excluding hydrogens is 226 g/mol. The second-order valence-corrected chi connectivity index (χ2v) is 4.81. The van der Waals surface area contributed by atoms with Crippen LogP contribution in [0.1, 0.15) is 29.2 Å². The number of hydrogen-bond acceptors (Lipinski definition) is 4. The largest absolute Gasteiger partial charge is 0.366 e. The van der Waals surface area contributed by atoms with Crippen LogP contribution < -0.4 is 11.1 Å². The monoisotopic (exact) mass is 243 g/mol. The first-order valence-corrected chi connectivity index (χ1v) is 6.18. The number of nitrogen functional groups attached to an aromatic ring is 1. The lowest BCUT2D eigenvalue weighted by Crippen LogP contribution is -2.24. The van der Waals surface area contributed by atoms with E-state index in [1.807, 2.05) is 4.68 Å². The average Bonchev–Trinajstić information content (AvgIpc) is 2.72. The Hall–Kier alpha value is -2.04. The van der Waals surface area contributed by atoms with Crippen LogP contribution in [0.3, 0.4) is 0 Å². The molecule has 0 spiro atoms. The maximum absolute atomic E-state index is 5.67. The molecule has 2 heterocycles. The van der Waals surface area contributed by atoms with Crippen molar-refractivity contribution < 1.29 is 0 Å². The summed E-state index contributed by atoms with van der Waals surface area (Å²) in [5.41, 5.74) is 9.56. The van der Waals surface area contributed by atoms with Crippen LogP contribution in [0, 0.1) is 13.8 Å². The molecule has 0 bridgehead atoms. The molecule has 1 atom stereocenters. The lowest BCUT2D eigenvalue weighted by atomic mass is 9.98. The molecule has 0 saturated carbocycles. The van der Waals surface area contributed by atoms with Gasteiger partial charge in [0.2, 0.25) is 11.9 Å². The van der Waals surface area contributed by atoms with Crippen molar-refractivity contribution >= 4 is 11.9 Å². The summed E-state index contributed by atoms with van der Waals surface area (Å²) >= 11 is 0. The Morgan fingerprint density at radius 3 is 2.94 bits per heavy atom. The first-order chi connectivity index (χ1) is 8.65. The quantitative estimate of drug-likeness (QED) is 0.802. The van der Waals surface area contributed by atoms with Crippen molar-refractivity contribution in [2.24, 2.45) is 0 Å². The maximum Gasteiger partial charge on any atom is 0.241 e. The second-order valence-electron chi connectivity index (χ2n) is 4.81. The van der Waals surface area contributed by atoms with E-state index in [0.29, 0.717) is 5.95 Å². The predicted octanol–water partition coefficient (Wildman–Crippen LogP) is 1.88. The zero-order chi connectivity index (χ0) is 12.7. The Morgan fingerprint density at radius 1 is 1.33 bits per heavy atom. The molecular formula is C13H17N5. The van der Waals surface area contributed by atoms with Crippen LogP contribution in [0.15, 0.2) is 18.2 Å². The minimum atomic E-state index is 0.227. The van der Waals surface area contributed by atoms with Crippen LogP contribution in [0.4, 0.5) is 11.9 Å². The van der Waals surface area contributed by atoms with Gasteiger partial charge in [0, 0.05) is 6.54 Å². The number of nitrogens with zero attached hydrogens (tertiary/aromatic N) is 3. The molecule has 0 amide bonds. The third-order valence-electron chi connectivity index (χ3n) is 3.56. The van der Waals surface area contributed by atoms with Gasteiger partial charge in [-0.3, -0.25) is 0 Å². The molecule has 94 valence electrons. The molecule has 5 nitrogen and oxygen atoms in total. The minimum absolute atomic E-state index is 0.227. The number of hydrogen-bond donors (Lipinski definition) is 2. The summed E-state index contributed by atoms with van der Waals surface area (Å²) in [6.45, 7) is 5.16. The van der Waals surface area contributed by atoms with E-state index in [9.17, 15) is 0 Å². The molecule has 1 aromatic carbocycles. The molecule has 1 unspecified atom stereocenters. The molecule has 18 heavy (non-hydrogen) atoms. The van der Waals surface area contributed by atoms with Crippen molar-refractivity contribution in [1.82, 2.24) is 14.8 Å². The molecule has 1 aliphatic heterocycles. The van der Waals surface area contributed by atoms with Gasteiger partial charge >= 0.3 is 0 Å². The molecule has 1 aromatic heterocycles. The van der Waals surface area contributed by atoms with Crippen molar-refractivity contribution in [3.05, 3.63) is 34.9 Å². The van der Waals surface area contributed by atoms with E-state index in [0.717, 1.165) is 18.9 Å². The summed E-state index contributed by atoms with van der Waals surface area (Å²) in [4.78, 5) is 4.19. The van der Waals surface area contributed by atoms with Gasteiger partial charge in [0.15, 0.2) is 0 Å². The standard InChI is InChI=1S/C13H17N5/c1-8-3-4-10(7-9(8)2)11-5-6-15-13-16-12(14)17-18(11)13/h3-4,7,11H,5-6H2,1-2H3,(H3,14,15,16,17). The summed E-state index contributed by atoms with van der Waals surface area (Å²) in [7, 11) is 0. The molecule has 5 heteroatoms. The second kappa shape index (κ2) is 4.01. The van der Waals surface area contributed by atoms with Gasteiger partial charge in [-0.15, -0.1) is 5.10 Å². The maximum atomic E-state index is 5.67. The van der Waals surface area contributed by atoms with E-state index in [1.54, 1.807) is 0 Å². The number of rotatable bonds is 1. The van der Waals surface area contributed by atoms with Gasteiger partial charge < -0.3 is 11.1 Å². The van der Waals surface area contributed by atoms with E-state index in [-0.39, 0.29) is 6.04 Å². The number of nitrogens with one attached hydrogen (secondary N) is 1. The normalized spacial score (nSPS) is 18.2. The highest BCUT2D eigenvalue weighted by atomic mass is 15.4. The van der Waals surface area contributed by atoms with Crippen LogP contribution in [-0.4, -0.2) is 21.3 Å². The highest BCUT2D eigenvalue weighted by molar-refractivity contribution is 5.39. The van der Waals surface area contributed by atoms with E-state index >= 15 is 0 Å². The molecule has 0 radical (unpaired) electrons. The molecule has 2 aromatic rings.